The predicted molar refractivity (Wildman–Crippen MR) is 76.9 cm³/mol. The minimum atomic E-state index is 0.440. The summed E-state index contributed by atoms with van der Waals surface area (Å²) in [6.45, 7) is 6.97. The predicted octanol–water partition coefficient (Wildman–Crippen LogP) is 3.87. The molecule has 1 aliphatic rings. The Morgan fingerprint density at radius 3 is 2.84 bits per heavy atom. The van der Waals surface area contributed by atoms with Crippen molar-refractivity contribution in [3.05, 3.63) is 23.7 Å². The molecule has 0 amide bonds. The van der Waals surface area contributed by atoms with Crippen LogP contribution in [0.25, 0.3) is 0 Å². The van der Waals surface area contributed by atoms with E-state index in [0.29, 0.717) is 18.6 Å². The van der Waals surface area contributed by atoms with Crippen molar-refractivity contribution in [2.45, 2.75) is 65.2 Å². The number of nitrogens with one attached hydrogen (secondary N) is 1. The Bertz CT molecular complexity index is 353. The minimum absolute atomic E-state index is 0.440. The highest BCUT2D eigenvalue weighted by atomic mass is 16.5. The second-order valence-corrected chi connectivity index (χ2v) is 5.96. The molecule has 0 atom stereocenters. The van der Waals surface area contributed by atoms with Gasteiger partial charge in [0.2, 0.25) is 0 Å². The van der Waals surface area contributed by atoms with Gasteiger partial charge < -0.3 is 14.5 Å². The van der Waals surface area contributed by atoms with Gasteiger partial charge in [0.05, 0.1) is 12.4 Å². The third kappa shape index (κ3) is 5.00. The van der Waals surface area contributed by atoms with Crippen molar-refractivity contribution in [1.29, 1.82) is 0 Å². The Hall–Kier alpha value is -0.800. The highest BCUT2D eigenvalue weighted by Gasteiger charge is 2.15. The summed E-state index contributed by atoms with van der Waals surface area (Å²) in [6, 6.07) is 2.05. The first kappa shape index (κ1) is 14.6. The van der Waals surface area contributed by atoms with E-state index in [1.807, 2.05) is 6.07 Å². The molecule has 0 aliphatic heterocycles. The quantitative estimate of drug-likeness (QED) is 0.812. The maximum Gasteiger partial charge on any atom is 0.133 e. The van der Waals surface area contributed by atoms with Crippen molar-refractivity contribution < 1.29 is 9.15 Å². The first-order valence-corrected chi connectivity index (χ1v) is 7.63. The molecular weight excluding hydrogens is 238 g/mol. The number of hydrogen-bond donors (Lipinski definition) is 1. The zero-order valence-electron chi connectivity index (χ0n) is 12.3. The fraction of sp³-hybridized carbons (Fsp3) is 0.750. The van der Waals surface area contributed by atoms with Crippen LogP contribution in [0, 0.1) is 5.92 Å². The average molecular weight is 265 g/mol. The highest BCUT2D eigenvalue weighted by molar-refractivity contribution is 5.16. The zero-order valence-corrected chi connectivity index (χ0v) is 12.3. The van der Waals surface area contributed by atoms with E-state index in [0.717, 1.165) is 18.8 Å². The van der Waals surface area contributed by atoms with Crippen molar-refractivity contribution in [1.82, 2.24) is 5.32 Å². The van der Waals surface area contributed by atoms with Gasteiger partial charge in [0, 0.05) is 12.1 Å². The number of ether oxygens (including phenoxy) is 1. The molecule has 1 aromatic rings. The van der Waals surface area contributed by atoms with Crippen LogP contribution in [-0.2, 0) is 17.9 Å². The molecule has 0 radical (unpaired) electrons. The molecule has 0 bridgehead atoms. The van der Waals surface area contributed by atoms with Crippen LogP contribution < -0.4 is 5.32 Å². The summed E-state index contributed by atoms with van der Waals surface area (Å²) in [4.78, 5) is 0. The fourth-order valence-corrected chi connectivity index (χ4v) is 2.57. The molecule has 0 unspecified atom stereocenters. The summed E-state index contributed by atoms with van der Waals surface area (Å²) in [5.74, 6) is 1.66. The van der Waals surface area contributed by atoms with Crippen molar-refractivity contribution >= 4 is 0 Å². The summed E-state index contributed by atoms with van der Waals surface area (Å²) in [5, 5.41) is 3.45. The molecule has 1 fully saturated rings. The van der Waals surface area contributed by atoms with Gasteiger partial charge in [-0.1, -0.05) is 33.1 Å². The molecule has 1 aromatic heterocycles. The molecule has 1 N–H and O–H groups in total. The molecule has 19 heavy (non-hydrogen) atoms. The lowest BCUT2D eigenvalue weighted by Crippen LogP contribution is -2.20. The van der Waals surface area contributed by atoms with E-state index in [1.54, 1.807) is 6.26 Å². The Labute approximate surface area is 116 Å². The number of hydrogen-bond acceptors (Lipinski definition) is 3. The molecule has 3 nitrogen and oxygen atoms in total. The van der Waals surface area contributed by atoms with Crippen LogP contribution in [0.4, 0.5) is 0 Å². The van der Waals surface area contributed by atoms with Gasteiger partial charge in [-0.05, 0) is 31.4 Å². The second kappa shape index (κ2) is 7.71. The van der Waals surface area contributed by atoms with Gasteiger partial charge in [-0.15, -0.1) is 0 Å². The van der Waals surface area contributed by atoms with E-state index in [1.165, 1.54) is 37.7 Å². The van der Waals surface area contributed by atoms with E-state index in [9.17, 15) is 0 Å². The van der Waals surface area contributed by atoms with Gasteiger partial charge >= 0.3 is 0 Å². The molecule has 108 valence electrons. The fourth-order valence-electron chi connectivity index (χ4n) is 2.57. The Morgan fingerprint density at radius 2 is 2.11 bits per heavy atom. The SMILES string of the molecule is CC(C)CNCc1ccoc1COC1CCCCC1. The summed E-state index contributed by atoms with van der Waals surface area (Å²) >= 11 is 0. The van der Waals surface area contributed by atoms with Gasteiger partial charge in [0.15, 0.2) is 0 Å². The van der Waals surface area contributed by atoms with Gasteiger partial charge in [-0.3, -0.25) is 0 Å². The third-order valence-corrected chi connectivity index (χ3v) is 3.71. The van der Waals surface area contributed by atoms with Crippen molar-refractivity contribution in [3.8, 4) is 0 Å². The standard InChI is InChI=1S/C16H27NO2/c1-13(2)10-17-11-14-8-9-18-16(14)12-19-15-6-4-3-5-7-15/h8-9,13,15,17H,3-7,10-12H2,1-2H3. The summed E-state index contributed by atoms with van der Waals surface area (Å²) in [7, 11) is 0. The smallest absolute Gasteiger partial charge is 0.133 e. The van der Waals surface area contributed by atoms with Crippen LogP contribution in [0.1, 0.15) is 57.3 Å². The topological polar surface area (TPSA) is 34.4 Å². The average Bonchev–Trinajstić information content (AvgIpc) is 2.85. The number of furan rings is 1. The lowest BCUT2D eigenvalue weighted by molar-refractivity contribution is 0.00831. The molecule has 0 spiro atoms. The minimum Gasteiger partial charge on any atom is -0.467 e. The lowest BCUT2D eigenvalue weighted by atomic mass is 9.98. The number of rotatable bonds is 7. The Morgan fingerprint density at radius 1 is 1.32 bits per heavy atom. The molecule has 0 saturated heterocycles. The third-order valence-electron chi connectivity index (χ3n) is 3.71. The van der Waals surface area contributed by atoms with Gasteiger partial charge in [-0.2, -0.15) is 0 Å². The largest absolute Gasteiger partial charge is 0.467 e. The van der Waals surface area contributed by atoms with E-state index < -0.39 is 0 Å². The summed E-state index contributed by atoms with van der Waals surface area (Å²) < 4.78 is 11.5. The monoisotopic (exact) mass is 265 g/mol. The van der Waals surface area contributed by atoms with E-state index >= 15 is 0 Å². The van der Waals surface area contributed by atoms with Gasteiger partial charge in [0.25, 0.3) is 0 Å². The molecule has 2 rings (SSSR count). The van der Waals surface area contributed by atoms with E-state index in [-0.39, 0.29) is 0 Å². The second-order valence-electron chi connectivity index (χ2n) is 5.96. The van der Waals surface area contributed by atoms with Crippen LogP contribution in [0.2, 0.25) is 0 Å². The first-order chi connectivity index (χ1) is 9.25. The van der Waals surface area contributed by atoms with Crippen LogP contribution in [0.5, 0.6) is 0 Å². The van der Waals surface area contributed by atoms with Crippen LogP contribution in [-0.4, -0.2) is 12.6 Å². The maximum absolute atomic E-state index is 5.97. The van der Waals surface area contributed by atoms with Crippen LogP contribution in [0.3, 0.4) is 0 Å². The van der Waals surface area contributed by atoms with Crippen molar-refractivity contribution in [3.63, 3.8) is 0 Å². The first-order valence-electron chi connectivity index (χ1n) is 7.63. The highest BCUT2D eigenvalue weighted by Crippen LogP contribution is 2.22. The van der Waals surface area contributed by atoms with E-state index in [2.05, 4.69) is 19.2 Å². The van der Waals surface area contributed by atoms with Crippen molar-refractivity contribution in [2.75, 3.05) is 6.54 Å². The molecular formula is C16H27NO2. The normalized spacial score (nSPS) is 17.2. The zero-order chi connectivity index (χ0) is 13.5. The summed E-state index contributed by atoms with van der Waals surface area (Å²) in [6.07, 6.45) is 8.62. The van der Waals surface area contributed by atoms with Crippen LogP contribution in [0.15, 0.2) is 16.7 Å². The van der Waals surface area contributed by atoms with Crippen molar-refractivity contribution in [2.24, 2.45) is 5.92 Å². The van der Waals surface area contributed by atoms with Gasteiger partial charge in [-0.25, -0.2) is 0 Å². The molecule has 3 heteroatoms. The molecule has 1 heterocycles. The van der Waals surface area contributed by atoms with E-state index in [4.69, 9.17) is 9.15 Å². The molecule has 1 aliphatic carbocycles. The maximum atomic E-state index is 5.97. The Balaban J connectivity index is 1.75. The molecule has 0 aromatic carbocycles. The lowest BCUT2D eigenvalue weighted by Gasteiger charge is -2.21. The Kier molecular flexibility index (Phi) is 5.93. The summed E-state index contributed by atoms with van der Waals surface area (Å²) in [5.41, 5.74) is 1.23. The van der Waals surface area contributed by atoms with Crippen LogP contribution >= 0.6 is 0 Å². The molecule has 1 saturated carbocycles. The van der Waals surface area contributed by atoms with Gasteiger partial charge in [0.1, 0.15) is 12.4 Å².